The van der Waals surface area contributed by atoms with E-state index < -0.39 is 11.4 Å². The Bertz CT molecular complexity index is 193. The summed E-state index contributed by atoms with van der Waals surface area (Å²) in [5.41, 5.74) is -0.465. The Morgan fingerprint density at radius 1 is 1.43 bits per heavy atom. The van der Waals surface area contributed by atoms with Gasteiger partial charge < -0.3 is 9.84 Å². The van der Waals surface area contributed by atoms with E-state index in [4.69, 9.17) is 9.84 Å². The van der Waals surface area contributed by atoms with E-state index in [2.05, 4.69) is 0 Å². The highest BCUT2D eigenvalue weighted by Crippen LogP contribution is 2.40. The third kappa shape index (κ3) is 2.27. The maximum Gasteiger partial charge on any atom is 0.309 e. The van der Waals surface area contributed by atoms with Crippen LogP contribution in [-0.2, 0) is 9.53 Å². The Labute approximate surface area is 85.5 Å². The molecule has 0 saturated heterocycles. The standard InChI is InChI=1S/C11H20O3/c1-3-11(10(12)13)7-5-9(6-8-11)14-4-2/h9H,3-8H2,1-2H3,(H,12,13). The van der Waals surface area contributed by atoms with Crippen LogP contribution in [-0.4, -0.2) is 23.8 Å². The average molecular weight is 200 g/mol. The smallest absolute Gasteiger partial charge is 0.309 e. The van der Waals surface area contributed by atoms with Gasteiger partial charge in [0.2, 0.25) is 0 Å². The molecule has 0 aliphatic heterocycles. The summed E-state index contributed by atoms with van der Waals surface area (Å²) in [6.07, 6.45) is 4.36. The van der Waals surface area contributed by atoms with Crippen LogP contribution in [0.25, 0.3) is 0 Å². The number of ether oxygens (including phenoxy) is 1. The Hall–Kier alpha value is -0.570. The van der Waals surface area contributed by atoms with Crippen molar-refractivity contribution in [2.75, 3.05) is 6.61 Å². The number of rotatable bonds is 4. The zero-order chi connectivity index (χ0) is 10.6. The first-order chi connectivity index (χ1) is 6.64. The summed E-state index contributed by atoms with van der Waals surface area (Å²) in [6.45, 7) is 4.69. The van der Waals surface area contributed by atoms with E-state index >= 15 is 0 Å². The molecule has 0 amide bonds. The molecular weight excluding hydrogens is 180 g/mol. The predicted octanol–water partition coefficient (Wildman–Crippen LogP) is 2.45. The molecule has 1 fully saturated rings. The first kappa shape index (κ1) is 11.5. The van der Waals surface area contributed by atoms with Gasteiger partial charge in [-0.05, 0) is 39.0 Å². The van der Waals surface area contributed by atoms with E-state index in [0.29, 0.717) is 6.10 Å². The maximum absolute atomic E-state index is 11.1. The summed E-state index contributed by atoms with van der Waals surface area (Å²) in [4.78, 5) is 11.1. The fourth-order valence-electron chi connectivity index (χ4n) is 2.26. The molecule has 0 aromatic heterocycles. The quantitative estimate of drug-likeness (QED) is 0.758. The second-order valence-corrected chi connectivity index (χ2v) is 4.09. The molecule has 1 aliphatic carbocycles. The fraction of sp³-hybridized carbons (Fsp3) is 0.909. The van der Waals surface area contributed by atoms with E-state index in [1.54, 1.807) is 0 Å². The molecule has 0 aromatic rings. The molecule has 0 radical (unpaired) electrons. The lowest BCUT2D eigenvalue weighted by molar-refractivity contribution is -0.153. The summed E-state index contributed by atoms with van der Waals surface area (Å²) in [5, 5.41) is 9.16. The topological polar surface area (TPSA) is 46.5 Å². The van der Waals surface area contributed by atoms with Gasteiger partial charge in [-0.25, -0.2) is 0 Å². The minimum absolute atomic E-state index is 0.291. The largest absolute Gasteiger partial charge is 0.481 e. The monoisotopic (exact) mass is 200 g/mol. The van der Waals surface area contributed by atoms with E-state index in [-0.39, 0.29) is 0 Å². The van der Waals surface area contributed by atoms with E-state index in [9.17, 15) is 4.79 Å². The van der Waals surface area contributed by atoms with Crippen LogP contribution < -0.4 is 0 Å². The summed E-state index contributed by atoms with van der Waals surface area (Å²) in [6, 6.07) is 0. The van der Waals surface area contributed by atoms with Crippen molar-refractivity contribution in [3.05, 3.63) is 0 Å². The Balaban J connectivity index is 2.50. The SMILES string of the molecule is CCOC1CCC(CC)(C(=O)O)CC1. The lowest BCUT2D eigenvalue weighted by Crippen LogP contribution is -2.37. The highest BCUT2D eigenvalue weighted by molar-refractivity contribution is 5.74. The zero-order valence-corrected chi connectivity index (χ0v) is 9.08. The molecule has 0 heterocycles. The summed E-state index contributed by atoms with van der Waals surface area (Å²) in [7, 11) is 0. The highest BCUT2D eigenvalue weighted by atomic mass is 16.5. The number of hydrogen-bond donors (Lipinski definition) is 1. The Morgan fingerprint density at radius 2 is 2.00 bits per heavy atom. The first-order valence-corrected chi connectivity index (χ1v) is 5.49. The number of carbonyl (C=O) groups is 1. The van der Waals surface area contributed by atoms with Crippen molar-refractivity contribution in [3.8, 4) is 0 Å². The van der Waals surface area contributed by atoms with Crippen molar-refractivity contribution < 1.29 is 14.6 Å². The second kappa shape index (κ2) is 4.78. The number of aliphatic carboxylic acids is 1. The van der Waals surface area contributed by atoms with Gasteiger partial charge in [-0.1, -0.05) is 6.92 Å². The van der Waals surface area contributed by atoms with Gasteiger partial charge in [0.25, 0.3) is 0 Å². The van der Waals surface area contributed by atoms with Crippen LogP contribution in [0.4, 0.5) is 0 Å². The van der Waals surface area contributed by atoms with Crippen LogP contribution in [0.3, 0.4) is 0 Å². The van der Waals surface area contributed by atoms with Gasteiger partial charge in [-0.2, -0.15) is 0 Å². The maximum atomic E-state index is 11.1. The average Bonchev–Trinajstić information content (AvgIpc) is 2.19. The third-order valence-corrected chi connectivity index (χ3v) is 3.42. The molecule has 3 nitrogen and oxygen atoms in total. The molecule has 82 valence electrons. The second-order valence-electron chi connectivity index (χ2n) is 4.09. The summed E-state index contributed by atoms with van der Waals surface area (Å²) >= 11 is 0. The third-order valence-electron chi connectivity index (χ3n) is 3.42. The molecule has 1 aliphatic rings. The van der Waals surface area contributed by atoms with Crippen molar-refractivity contribution in [1.82, 2.24) is 0 Å². The molecular formula is C11H20O3. The van der Waals surface area contributed by atoms with Crippen molar-refractivity contribution >= 4 is 5.97 Å². The van der Waals surface area contributed by atoms with E-state index in [1.807, 2.05) is 13.8 Å². The lowest BCUT2D eigenvalue weighted by atomic mass is 9.71. The van der Waals surface area contributed by atoms with Crippen LogP contribution in [0.2, 0.25) is 0 Å². The van der Waals surface area contributed by atoms with E-state index in [1.165, 1.54) is 0 Å². The molecule has 1 N–H and O–H groups in total. The van der Waals surface area contributed by atoms with Gasteiger partial charge in [0, 0.05) is 6.61 Å². The molecule has 0 spiro atoms. The minimum atomic E-state index is -0.630. The molecule has 0 atom stereocenters. The van der Waals surface area contributed by atoms with Crippen molar-refractivity contribution in [3.63, 3.8) is 0 Å². The highest BCUT2D eigenvalue weighted by Gasteiger charge is 2.40. The number of hydrogen-bond acceptors (Lipinski definition) is 2. The van der Waals surface area contributed by atoms with Crippen molar-refractivity contribution in [2.24, 2.45) is 5.41 Å². The Kier molecular flexibility index (Phi) is 3.93. The van der Waals surface area contributed by atoms with Gasteiger partial charge >= 0.3 is 5.97 Å². The van der Waals surface area contributed by atoms with Crippen LogP contribution in [0.15, 0.2) is 0 Å². The van der Waals surface area contributed by atoms with Gasteiger partial charge in [0.1, 0.15) is 0 Å². The van der Waals surface area contributed by atoms with E-state index in [0.717, 1.165) is 38.7 Å². The molecule has 14 heavy (non-hydrogen) atoms. The van der Waals surface area contributed by atoms with Gasteiger partial charge in [0.15, 0.2) is 0 Å². The minimum Gasteiger partial charge on any atom is -0.481 e. The molecule has 3 heteroatoms. The molecule has 0 aromatic carbocycles. The van der Waals surface area contributed by atoms with Crippen molar-refractivity contribution in [2.45, 2.75) is 52.1 Å². The van der Waals surface area contributed by atoms with Crippen LogP contribution in [0, 0.1) is 5.41 Å². The normalized spacial score (nSPS) is 32.9. The molecule has 1 rings (SSSR count). The first-order valence-electron chi connectivity index (χ1n) is 5.49. The zero-order valence-electron chi connectivity index (χ0n) is 9.08. The lowest BCUT2D eigenvalue weighted by Gasteiger charge is -2.35. The summed E-state index contributed by atoms with van der Waals surface area (Å²) in [5.74, 6) is -0.630. The van der Waals surface area contributed by atoms with Gasteiger partial charge in [-0.15, -0.1) is 0 Å². The van der Waals surface area contributed by atoms with Crippen LogP contribution in [0.1, 0.15) is 46.0 Å². The molecule has 0 unspecified atom stereocenters. The number of carboxylic acids is 1. The molecule has 1 saturated carbocycles. The number of carboxylic acid groups (broad SMARTS) is 1. The Morgan fingerprint density at radius 3 is 2.36 bits per heavy atom. The van der Waals surface area contributed by atoms with Crippen LogP contribution in [0.5, 0.6) is 0 Å². The van der Waals surface area contributed by atoms with Crippen LogP contribution >= 0.6 is 0 Å². The molecule has 0 bridgehead atoms. The van der Waals surface area contributed by atoms with Gasteiger partial charge in [0.05, 0.1) is 11.5 Å². The van der Waals surface area contributed by atoms with Crippen molar-refractivity contribution in [1.29, 1.82) is 0 Å². The predicted molar refractivity (Wildman–Crippen MR) is 54.2 cm³/mol. The fourth-order valence-corrected chi connectivity index (χ4v) is 2.26. The summed E-state index contributed by atoms with van der Waals surface area (Å²) < 4.78 is 5.51. The van der Waals surface area contributed by atoms with Gasteiger partial charge in [-0.3, -0.25) is 4.79 Å².